The van der Waals surface area contributed by atoms with Crippen molar-refractivity contribution in [2.24, 2.45) is 5.73 Å². The molecule has 1 saturated heterocycles. The Kier molecular flexibility index (Phi) is 6.92. The highest BCUT2D eigenvalue weighted by Gasteiger charge is 2.33. The molecule has 3 rings (SSSR count). The Morgan fingerprint density at radius 2 is 1.92 bits per heavy atom. The lowest BCUT2D eigenvalue weighted by Gasteiger charge is -2.40. The largest absolute Gasteiger partial charge is 0.376 e. The van der Waals surface area contributed by atoms with Gasteiger partial charge in [0.05, 0.1) is 18.8 Å². The first kappa shape index (κ1) is 19.2. The maximum atomic E-state index is 12.3. The van der Waals surface area contributed by atoms with Crippen molar-refractivity contribution in [3.8, 4) is 0 Å². The predicted molar refractivity (Wildman–Crippen MR) is 104 cm³/mol. The maximum Gasteiger partial charge on any atom is 0.317 e. The molecule has 1 heterocycles. The number of amides is 2. The maximum absolute atomic E-state index is 12.3. The Hall–Kier alpha value is -1.59. The van der Waals surface area contributed by atoms with E-state index in [1.165, 1.54) is 18.4 Å². The highest BCUT2D eigenvalue weighted by molar-refractivity contribution is 5.74. The first-order chi connectivity index (χ1) is 12.7. The van der Waals surface area contributed by atoms with Crippen LogP contribution in [0.25, 0.3) is 0 Å². The quantitative estimate of drug-likeness (QED) is 0.848. The van der Waals surface area contributed by atoms with E-state index in [1.54, 1.807) is 0 Å². The lowest BCUT2D eigenvalue weighted by Crippen LogP contribution is -2.58. The Bertz CT molecular complexity index is 558. The third-order valence-electron chi connectivity index (χ3n) is 5.87. The van der Waals surface area contributed by atoms with Gasteiger partial charge in [0.15, 0.2) is 0 Å². The number of piperidine rings is 1. The fraction of sp³-hybridized carbons (Fsp3) is 0.667. The summed E-state index contributed by atoms with van der Waals surface area (Å²) in [5.41, 5.74) is 7.76. The smallest absolute Gasteiger partial charge is 0.317 e. The second kappa shape index (κ2) is 9.38. The normalized spacial score (nSPS) is 29.4. The molecule has 0 radical (unpaired) electrons. The molecule has 2 atom stereocenters. The van der Waals surface area contributed by atoms with Gasteiger partial charge >= 0.3 is 6.03 Å². The molecule has 2 aliphatic rings. The van der Waals surface area contributed by atoms with Crippen LogP contribution in [0.4, 0.5) is 4.79 Å². The van der Waals surface area contributed by atoms with E-state index >= 15 is 0 Å². The third kappa shape index (κ3) is 4.77. The SMILES string of the molecule is CCNC(=O)N1CCCC(N)C1COC1CCC(c2ccccc2)CC1. The minimum atomic E-state index is -0.0119. The van der Waals surface area contributed by atoms with Crippen molar-refractivity contribution < 1.29 is 9.53 Å². The van der Waals surface area contributed by atoms with E-state index < -0.39 is 0 Å². The summed E-state index contributed by atoms with van der Waals surface area (Å²) in [6, 6.07) is 10.8. The van der Waals surface area contributed by atoms with Crippen molar-refractivity contribution in [3.63, 3.8) is 0 Å². The number of hydrogen-bond acceptors (Lipinski definition) is 3. The fourth-order valence-corrected chi connectivity index (χ4v) is 4.33. The summed E-state index contributed by atoms with van der Waals surface area (Å²) in [7, 11) is 0. The van der Waals surface area contributed by atoms with Gasteiger partial charge in [-0.15, -0.1) is 0 Å². The molecule has 2 unspecified atom stereocenters. The lowest BCUT2D eigenvalue weighted by atomic mass is 9.83. The Labute approximate surface area is 157 Å². The van der Waals surface area contributed by atoms with Crippen molar-refractivity contribution in [1.29, 1.82) is 0 Å². The van der Waals surface area contributed by atoms with Crippen molar-refractivity contribution in [2.75, 3.05) is 19.7 Å². The van der Waals surface area contributed by atoms with Gasteiger partial charge in [0.2, 0.25) is 0 Å². The zero-order valence-corrected chi connectivity index (χ0v) is 15.9. The van der Waals surface area contributed by atoms with Crippen LogP contribution in [0, 0.1) is 0 Å². The Morgan fingerprint density at radius 1 is 1.19 bits per heavy atom. The highest BCUT2D eigenvalue weighted by atomic mass is 16.5. The van der Waals surface area contributed by atoms with Crippen LogP contribution in [0.3, 0.4) is 0 Å². The molecular weight excluding hydrogens is 326 g/mol. The molecule has 0 aromatic heterocycles. The first-order valence-electron chi connectivity index (χ1n) is 10.2. The molecule has 144 valence electrons. The van der Waals surface area contributed by atoms with Crippen LogP contribution < -0.4 is 11.1 Å². The zero-order valence-electron chi connectivity index (χ0n) is 15.9. The van der Waals surface area contributed by atoms with Gasteiger partial charge in [-0.25, -0.2) is 4.79 Å². The lowest BCUT2D eigenvalue weighted by molar-refractivity contribution is -0.0158. The average molecular weight is 360 g/mol. The molecule has 1 aromatic rings. The van der Waals surface area contributed by atoms with E-state index in [0.29, 0.717) is 25.2 Å². The zero-order chi connectivity index (χ0) is 18.4. The van der Waals surface area contributed by atoms with Gasteiger partial charge in [0.25, 0.3) is 0 Å². The minimum Gasteiger partial charge on any atom is -0.376 e. The van der Waals surface area contributed by atoms with E-state index in [0.717, 1.165) is 32.2 Å². The molecule has 0 spiro atoms. The number of carbonyl (C=O) groups is 1. The van der Waals surface area contributed by atoms with E-state index in [2.05, 4.69) is 35.6 Å². The monoisotopic (exact) mass is 359 g/mol. The van der Waals surface area contributed by atoms with Crippen molar-refractivity contribution >= 4 is 6.03 Å². The number of benzene rings is 1. The third-order valence-corrected chi connectivity index (χ3v) is 5.87. The fourth-order valence-electron chi connectivity index (χ4n) is 4.33. The topological polar surface area (TPSA) is 67.6 Å². The summed E-state index contributed by atoms with van der Waals surface area (Å²) < 4.78 is 6.23. The van der Waals surface area contributed by atoms with E-state index in [9.17, 15) is 4.79 Å². The second-order valence-corrected chi connectivity index (χ2v) is 7.62. The molecule has 3 N–H and O–H groups in total. The van der Waals surface area contributed by atoms with Gasteiger partial charge in [-0.2, -0.15) is 0 Å². The van der Waals surface area contributed by atoms with E-state index in [1.807, 2.05) is 11.8 Å². The molecular formula is C21H33N3O2. The Morgan fingerprint density at radius 3 is 2.62 bits per heavy atom. The molecule has 5 nitrogen and oxygen atoms in total. The minimum absolute atomic E-state index is 0.00649. The molecule has 1 aliphatic carbocycles. The summed E-state index contributed by atoms with van der Waals surface area (Å²) >= 11 is 0. The number of nitrogens with two attached hydrogens (primary N) is 1. The van der Waals surface area contributed by atoms with Gasteiger partial charge in [0.1, 0.15) is 0 Å². The number of rotatable bonds is 5. The van der Waals surface area contributed by atoms with Gasteiger partial charge < -0.3 is 20.7 Å². The number of carbonyl (C=O) groups excluding carboxylic acids is 1. The van der Waals surface area contributed by atoms with Gasteiger partial charge in [-0.1, -0.05) is 30.3 Å². The molecule has 1 aliphatic heterocycles. The summed E-state index contributed by atoms with van der Waals surface area (Å²) in [5, 5.41) is 2.90. The van der Waals surface area contributed by atoms with Crippen LogP contribution in [0.15, 0.2) is 30.3 Å². The first-order valence-corrected chi connectivity index (χ1v) is 10.2. The molecule has 2 fully saturated rings. The molecule has 1 aromatic carbocycles. The number of urea groups is 1. The molecule has 0 bridgehead atoms. The van der Waals surface area contributed by atoms with E-state index in [4.69, 9.17) is 10.5 Å². The van der Waals surface area contributed by atoms with Gasteiger partial charge in [-0.05, 0) is 56.9 Å². The van der Waals surface area contributed by atoms with Gasteiger partial charge in [0, 0.05) is 19.1 Å². The second-order valence-electron chi connectivity index (χ2n) is 7.62. The summed E-state index contributed by atoms with van der Waals surface area (Å²) in [5.74, 6) is 0.653. The van der Waals surface area contributed by atoms with Crippen LogP contribution in [-0.2, 0) is 4.74 Å². The van der Waals surface area contributed by atoms with Crippen LogP contribution >= 0.6 is 0 Å². The summed E-state index contributed by atoms with van der Waals surface area (Å²) in [6.07, 6.45) is 6.74. The number of nitrogens with zero attached hydrogens (tertiary/aromatic N) is 1. The van der Waals surface area contributed by atoms with Crippen LogP contribution in [0.5, 0.6) is 0 Å². The standard InChI is InChI=1S/C21H33N3O2/c1-2-23-21(25)24-14-6-9-19(22)20(24)15-26-18-12-10-17(11-13-18)16-7-4-3-5-8-16/h3-5,7-8,17-20H,2,6,9-15,22H2,1H3,(H,23,25). The van der Waals surface area contributed by atoms with Crippen molar-refractivity contribution in [3.05, 3.63) is 35.9 Å². The number of hydrogen-bond donors (Lipinski definition) is 2. The number of ether oxygens (including phenoxy) is 1. The molecule has 2 amide bonds. The van der Waals surface area contributed by atoms with Crippen LogP contribution in [0.1, 0.15) is 56.9 Å². The van der Waals surface area contributed by atoms with E-state index in [-0.39, 0.29) is 18.1 Å². The number of nitrogens with one attached hydrogen (secondary N) is 1. The molecule has 1 saturated carbocycles. The van der Waals surface area contributed by atoms with Crippen molar-refractivity contribution in [2.45, 2.75) is 69.6 Å². The summed E-state index contributed by atoms with van der Waals surface area (Å²) in [6.45, 7) is 3.91. The molecule has 26 heavy (non-hydrogen) atoms. The average Bonchev–Trinajstić information content (AvgIpc) is 2.68. The highest BCUT2D eigenvalue weighted by Crippen LogP contribution is 2.34. The van der Waals surface area contributed by atoms with Crippen LogP contribution in [-0.4, -0.2) is 48.8 Å². The Balaban J connectivity index is 1.49. The number of likely N-dealkylation sites (tertiary alicyclic amines) is 1. The van der Waals surface area contributed by atoms with Crippen LogP contribution in [0.2, 0.25) is 0 Å². The molecule has 5 heteroatoms. The summed E-state index contributed by atoms with van der Waals surface area (Å²) in [4.78, 5) is 14.2. The predicted octanol–water partition coefficient (Wildman–Crippen LogP) is 3.25. The van der Waals surface area contributed by atoms with Crippen molar-refractivity contribution in [1.82, 2.24) is 10.2 Å². The van der Waals surface area contributed by atoms with Gasteiger partial charge in [-0.3, -0.25) is 0 Å².